The minimum absolute atomic E-state index is 0.0146. The van der Waals surface area contributed by atoms with Gasteiger partial charge in [0.1, 0.15) is 17.5 Å². The predicted molar refractivity (Wildman–Crippen MR) is 91.7 cm³/mol. The lowest BCUT2D eigenvalue weighted by atomic mass is 10.1. The largest absolute Gasteiger partial charge is 0.384 e. The minimum Gasteiger partial charge on any atom is -0.384 e. The fourth-order valence-corrected chi connectivity index (χ4v) is 3.00. The SMILES string of the molecule is N#Cc1c(-c2ccccc2)cn(-c2ccc(S(N)(=O)=O)cc2)c1N. The number of primary sulfonamides is 1. The number of anilines is 1. The fourth-order valence-electron chi connectivity index (χ4n) is 2.49. The number of hydrogen-bond acceptors (Lipinski definition) is 4. The molecule has 0 amide bonds. The van der Waals surface area contributed by atoms with E-state index in [1.54, 1.807) is 22.9 Å². The van der Waals surface area contributed by atoms with Crippen molar-refractivity contribution in [3.8, 4) is 22.9 Å². The summed E-state index contributed by atoms with van der Waals surface area (Å²) < 4.78 is 24.3. The van der Waals surface area contributed by atoms with Crippen molar-refractivity contribution < 1.29 is 8.42 Å². The first-order chi connectivity index (χ1) is 11.4. The molecule has 0 aliphatic heterocycles. The molecule has 0 bridgehead atoms. The number of nitrogen functional groups attached to an aromatic ring is 1. The first kappa shape index (κ1) is 15.8. The standard InChI is InChI=1S/C17H14N4O2S/c18-10-15-16(12-4-2-1-3-5-12)11-21(17(15)19)13-6-8-14(9-7-13)24(20,22)23/h1-9,11H,19H2,(H2,20,22,23). The second-order valence-corrected chi connectivity index (χ2v) is 6.75. The summed E-state index contributed by atoms with van der Waals surface area (Å²) in [4.78, 5) is 0.0146. The first-order valence-corrected chi connectivity index (χ1v) is 8.56. The van der Waals surface area contributed by atoms with Gasteiger partial charge >= 0.3 is 0 Å². The van der Waals surface area contributed by atoms with E-state index in [0.717, 1.165) is 5.56 Å². The molecule has 0 saturated heterocycles. The lowest BCUT2D eigenvalue weighted by molar-refractivity contribution is 0.598. The number of nitrogens with two attached hydrogens (primary N) is 2. The van der Waals surface area contributed by atoms with Gasteiger partial charge in [-0.1, -0.05) is 30.3 Å². The quantitative estimate of drug-likeness (QED) is 0.762. The van der Waals surface area contributed by atoms with Crippen LogP contribution in [0.15, 0.2) is 65.7 Å². The van der Waals surface area contributed by atoms with Crippen LogP contribution in [0.25, 0.3) is 16.8 Å². The lowest BCUT2D eigenvalue weighted by Crippen LogP contribution is -2.12. The number of hydrogen-bond donors (Lipinski definition) is 2. The van der Waals surface area contributed by atoms with Crippen LogP contribution in [-0.4, -0.2) is 13.0 Å². The molecule has 3 aromatic rings. The van der Waals surface area contributed by atoms with Crippen LogP contribution in [0.2, 0.25) is 0 Å². The zero-order valence-electron chi connectivity index (χ0n) is 12.5. The van der Waals surface area contributed by atoms with E-state index in [1.165, 1.54) is 12.1 Å². The highest BCUT2D eigenvalue weighted by Crippen LogP contribution is 2.31. The number of sulfonamides is 1. The van der Waals surface area contributed by atoms with Crippen molar-refractivity contribution >= 4 is 15.8 Å². The van der Waals surface area contributed by atoms with Gasteiger partial charge in [0.25, 0.3) is 0 Å². The molecule has 0 radical (unpaired) electrons. The normalized spacial score (nSPS) is 11.2. The zero-order chi connectivity index (χ0) is 17.3. The van der Waals surface area contributed by atoms with E-state index in [4.69, 9.17) is 10.9 Å². The van der Waals surface area contributed by atoms with Crippen LogP contribution < -0.4 is 10.9 Å². The summed E-state index contributed by atoms with van der Waals surface area (Å²) in [5, 5.41) is 14.5. The van der Waals surface area contributed by atoms with Gasteiger partial charge in [-0.15, -0.1) is 0 Å². The van der Waals surface area contributed by atoms with Gasteiger partial charge in [0, 0.05) is 17.4 Å². The maximum Gasteiger partial charge on any atom is 0.238 e. The molecule has 0 spiro atoms. The molecular formula is C17H14N4O2S. The van der Waals surface area contributed by atoms with E-state index in [0.29, 0.717) is 22.6 Å². The third kappa shape index (κ3) is 2.76. The molecule has 120 valence electrons. The maximum absolute atomic E-state index is 11.3. The Kier molecular flexibility index (Phi) is 3.85. The monoisotopic (exact) mass is 338 g/mol. The van der Waals surface area contributed by atoms with E-state index < -0.39 is 10.0 Å². The van der Waals surface area contributed by atoms with Gasteiger partial charge in [-0.3, -0.25) is 0 Å². The molecule has 2 aromatic carbocycles. The summed E-state index contributed by atoms with van der Waals surface area (Å²) in [6, 6.07) is 17.5. The van der Waals surface area contributed by atoms with E-state index >= 15 is 0 Å². The van der Waals surface area contributed by atoms with Gasteiger partial charge in [-0.25, -0.2) is 13.6 Å². The minimum atomic E-state index is -3.76. The van der Waals surface area contributed by atoms with Crippen LogP contribution in [0, 0.1) is 11.3 Å². The van der Waals surface area contributed by atoms with Crippen molar-refractivity contribution in [2.45, 2.75) is 4.90 Å². The topological polar surface area (TPSA) is 115 Å². The molecule has 0 fully saturated rings. The Morgan fingerprint density at radius 1 is 1.00 bits per heavy atom. The number of rotatable bonds is 3. The Morgan fingerprint density at radius 3 is 2.17 bits per heavy atom. The lowest BCUT2D eigenvalue weighted by Gasteiger charge is -2.06. The van der Waals surface area contributed by atoms with Gasteiger partial charge in [0.15, 0.2) is 0 Å². The van der Waals surface area contributed by atoms with Crippen molar-refractivity contribution in [2.24, 2.45) is 5.14 Å². The average Bonchev–Trinajstić information content (AvgIpc) is 2.91. The van der Waals surface area contributed by atoms with E-state index in [9.17, 15) is 13.7 Å². The third-order valence-corrected chi connectivity index (χ3v) is 4.61. The molecular weight excluding hydrogens is 324 g/mol. The Labute approximate surface area is 139 Å². The van der Waals surface area contributed by atoms with Gasteiger partial charge in [0.05, 0.1) is 4.90 Å². The van der Waals surface area contributed by atoms with Gasteiger partial charge in [-0.05, 0) is 29.8 Å². The third-order valence-electron chi connectivity index (χ3n) is 3.68. The molecule has 7 heteroatoms. The molecule has 1 heterocycles. The Morgan fingerprint density at radius 2 is 1.62 bits per heavy atom. The molecule has 0 aliphatic rings. The molecule has 6 nitrogen and oxygen atoms in total. The van der Waals surface area contributed by atoms with Crippen LogP contribution >= 0.6 is 0 Å². The number of nitrogens with zero attached hydrogens (tertiary/aromatic N) is 2. The van der Waals surface area contributed by atoms with E-state index in [1.807, 2.05) is 30.3 Å². The van der Waals surface area contributed by atoms with Crippen molar-refractivity contribution in [1.82, 2.24) is 4.57 Å². The molecule has 0 atom stereocenters. The predicted octanol–water partition coefficient (Wildman–Crippen LogP) is 2.25. The molecule has 24 heavy (non-hydrogen) atoms. The highest BCUT2D eigenvalue weighted by molar-refractivity contribution is 7.89. The van der Waals surface area contributed by atoms with Crippen LogP contribution in [0.5, 0.6) is 0 Å². The molecule has 3 rings (SSSR count). The Balaban J connectivity index is 2.13. The second kappa shape index (κ2) is 5.85. The van der Waals surface area contributed by atoms with Crippen molar-refractivity contribution in [3.63, 3.8) is 0 Å². The molecule has 1 aromatic heterocycles. The van der Waals surface area contributed by atoms with Crippen molar-refractivity contribution in [1.29, 1.82) is 5.26 Å². The number of benzene rings is 2. The molecule has 0 aliphatic carbocycles. The summed E-state index contributed by atoms with van der Waals surface area (Å²) in [7, 11) is -3.76. The fraction of sp³-hybridized carbons (Fsp3) is 0. The van der Waals surface area contributed by atoms with Crippen LogP contribution in [0.3, 0.4) is 0 Å². The van der Waals surface area contributed by atoms with Gasteiger partial charge in [0.2, 0.25) is 10.0 Å². The Bertz CT molecular complexity index is 1030. The summed E-state index contributed by atoms with van der Waals surface area (Å²) in [5.41, 5.74) is 8.70. The summed E-state index contributed by atoms with van der Waals surface area (Å²) >= 11 is 0. The van der Waals surface area contributed by atoms with Gasteiger partial charge < -0.3 is 10.3 Å². The molecule has 0 saturated carbocycles. The summed E-state index contributed by atoms with van der Waals surface area (Å²) in [5.74, 6) is 0.291. The first-order valence-electron chi connectivity index (χ1n) is 7.01. The highest BCUT2D eigenvalue weighted by Gasteiger charge is 2.16. The maximum atomic E-state index is 11.3. The smallest absolute Gasteiger partial charge is 0.238 e. The highest BCUT2D eigenvalue weighted by atomic mass is 32.2. The molecule has 4 N–H and O–H groups in total. The number of aromatic nitrogens is 1. The summed E-state index contributed by atoms with van der Waals surface area (Å²) in [6.45, 7) is 0. The van der Waals surface area contributed by atoms with Crippen LogP contribution in [0.1, 0.15) is 5.56 Å². The van der Waals surface area contributed by atoms with Crippen molar-refractivity contribution in [3.05, 3.63) is 66.4 Å². The van der Waals surface area contributed by atoms with Crippen LogP contribution in [-0.2, 0) is 10.0 Å². The zero-order valence-corrected chi connectivity index (χ0v) is 13.4. The number of nitriles is 1. The summed E-state index contributed by atoms with van der Waals surface area (Å²) in [6.07, 6.45) is 1.76. The molecule has 0 unspecified atom stereocenters. The second-order valence-electron chi connectivity index (χ2n) is 5.19. The van der Waals surface area contributed by atoms with Crippen molar-refractivity contribution in [2.75, 3.05) is 5.73 Å². The van der Waals surface area contributed by atoms with Crippen LogP contribution in [0.4, 0.5) is 5.82 Å². The van der Waals surface area contributed by atoms with E-state index in [-0.39, 0.29) is 4.90 Å². The average molecular weight is 338 g/mol. The Hall–Kier alpha value is -3.08. The van der Waals surface area contributed by atoms with Gasteiger partial charge in [-0.2, -0.15) is 5.26 Å². The van der Waals surface area contributed by atoms with E-state index in [2.05, 4.69) is 6.07 Å².